The van der Waals surface area contributed by atoms with Crippen LogP contribution in [0.5, 0.6) is 0 Å². The van der Waals surface area contributed by atoms with Gasteiger partial charge in [-0.15, -0.1) is 0 Å². The summed E-state index contributed by atoms with van der Waals surface area (Å²) in [5, 5.41) is 2.96. The van der Waals surface area contributed by atoms with E-state index in [1.807, 2.05) is 18.2 Å². The zero-order valence-electron chi connectivity index (χ0n) is 10.0. The number of allylic oxidation sites excluding steroid dienone is 1. The minimum absolute atomic E-state index is 0.0261. The van der Waals surface area contributed by atoms with Crippen molar-refractivity contribution in [1.29, 1.82) is 0 Å². The fourth-order valence-electron chi connectivity index (χ4n) is 2.07. The Hall–Kier alpha value is -0.610. The normalized spacial score (nSPS) is 14.4. The minimum Gasteiger partial charge on any atom is -0.352 e. The summed E-state index contributed by atoms with van der Waals surface area (Å²) in [5.74, 6) is -0.0261. The van der Waals surface area contributed by atoms with Crippen LogP contribution in [0.3, 0.4) is 0 Å². The Morgan fingerprint density at radius 1 is 1.33 bits per heavy atom. The third kappa shape index (κ3) is 3.69. The van der Waals surface area contributed by atoms with Gasteiger partial charge in [0.1, 0.15) is 0 Å². The van der Waals surface area contributed by atoms with E-state index in [0.717, 1.165) is 15.4 Å². The van der Waals surface area contributed by atoms with E-state index in [4.69, 9.17) is 0 Å². The summed E-state index contributed by atoms with van der Waals surface area (Å²) >= 11 is 6.77. The lowest BCUT2D eigenvalue weighted by molar-refractivity contribution is 0.0953. The van der Waals surface area contributed by atoms with Crippen molar-refractivity contribution >= 4 is 37.8 Å². The Labute approximate surface area is 124 Å². The van der Waals surface area contributed by atoms with Crippen LogP contribution in [0, 0.1) is 0 Å². The zero-order chi connectivity index (χ0) is 13.0. The molecule has 0 aromatic heterocycles. The highest BCUT2D eigenvalue weighted by atomic mass is 79.9. The lowest BCUT2D eigenvalue weighted by Gasteiger charge is -2.08. The molecule has 0 bridgehead atoms. The first kappa shape index (κ1) is 13.8. The van der Waals surface area contributed by atoms with Gasteiger partial charge in [-0.3, -0.25) is 4.79 Å². The molecule has 0 radical (unpaired) electrons. The molecule has 0 saturated carbocycles. The molecule has 1 amide bonds. The number of halogens is 2. The van der Waals surface area contributed by atoms with Gasteiger partial charge in [-0.05, 0) is 59.8 Å². The number of carbonyl (C=O) groups excluding carboxylic acids is 1. The fourth-order valence-corrected chi connectivity index (χ4v) is 2.86. The molecular formula is C14H15Br2NO. The summed E-state index contributed by atoms with van der Waals surface area (Å²) in [7, 11) is 0. The topological polar surface area (TPSA) is 29.1 Å². The van der Waals surface area contributed by atoms with E-state index in [1.54, 1.807) is 0 Å². The highest BCUT2D eigenvalue weighted by Gasteiger charge is 2.10. The van der Waals surface area contributed by atoms with Crippen LogP contribution in [0.1, 0.15) is 36.0 Å². The lowest BCUT2D eigenvalue weighted by Crippen LogP contribution is -2.25. The van der Waals surface area contributed by atoms with Crippen molar-refractivity contribution in [2.75, 3.05) is 6.54 Å². The van der Waals surface area contributed by atoms with Crippen molar-refractivity contribution < 1.29 is 4.79 Å². The van der Waals surface area contributed by atoms with Crippen molar-refractivity contribution in [2.45, 2.75) is 25.7 Å². The quantitative estimate of drug-likeness (QED) is 0.777. The first-order chi connectivity index (χ1) is 8.66. The van der Waals surface area contributed by atoms with E-state index < -0.39 is 0 Å². The van der Waals surface area contributed by atoms with Crippen LogP contribution in [0.15, 0.2) is 38.8 Å². The summed E-state index contributed by atoms with van der Waals surface area (Å²) < 4.78 is 1.73. The molecule has 0 unspecified atom stereocenters. The highest BCUT2D eigenvalue weighted by Crippen LogP contribution is 2.22. The van der Waals surface area contributed by atoms with Crippen LogP contribution in [-0.4, -0.2) is 12.5 Å². The van der Waals surface area contributed by atoms with Gasteiger partial charge in [0.25, 0.3) is 5.91 Å². The molecule has 4 heteroatoms. The number of hydrogen-bond donors (Lipinski definition) is 1. The SMILES string of the molecule is O=C(NCCC1=CCCC1)c1cc(Br)ccc1Br. The number of carbonyl (C=O) groups is 1. The maximum absolute atomic E-state index is 12.0. The second-order valence-corrected chi connectivity index (χ2v) is 6.15. The number of rotatable bonds is 4. The van der Waals surface area contributed by atoms with Gasteiger partial charge in [0.2, 0.25) is 0 Å². The third-order valence-electron chi connectivity index (χ3n) is 3.04. The number of amides is 1. The molecule has 0 aliphatic heterocycles. The van der Waals surface area contributed by atoms with Crippen LogP contribution in [0.2, 0.25) is 0 Å². The third-order valence-corrected chi connectivity index (χ3v) is 4.22. The number of nitrogens with one attached hydrogen (secondary N) is 1. The predicted molar refractivity (Wildman–Crippen MR) is 80.7 cm³/mol. The van der Waals surface area contributed by atoms with E-state index in [2.05, 4.69) is 43.3 Å². The van der Waals surface area contributed by atoms with Gasteiger partial charge in [0.05, 0.1) is 5.56 Å². The van der Waals surface area contributed by atoms with Crippen molar-refractivity contribution in [3.63, 3.8) is 0 Å². The molecule has 1 aliphatic rings. The lowest BCUT2D eigenvalue weighted by atomic mass is 10.1. The molecule has 0 spiro atoms. The molecule has 0 fully saturated rings. The van der Waals surface area contributed by atoms with E-state index in [0.29, 0.717) is 12.1 Å². The summed E-state index contributed by atoms with van der Waals surface area (Å²) in [5.41, 5.74) is 2.15. The van der Waals surface area contributed by atoms with Gasteiger partial charge >= 0.3 is 0 Å². The van der Waals surface area contributed by atoms with Crippen LogP contribution in [0.25, 0.3) is 0 Å². The maximum atomic E-state index is 12.0. The molecule has 96 valence electrons. The van der Waals surface area contributed by atoms with Crippen molar-refractivity contribution in [2.24, 2.45) is 0 Å². The molecule has 1 N–H and O–H groups in total. The van der Waals surface area contributed by atoms with E-state index >= 15 is 0 Å². The van der Waals surface area contributed by atoms with E-state index in [1.165, 1.54) is 24.8 Å². The van der Waals surface area contributed by atoms with Crippen molar-refractivity contribution in [1.82, 2.24) is 5.32 Å². The van der Waals surface area contributed by atoms with Crippen molar-refractivity contribution in [3.05, 3.63) is 44.4 Å². The summed E-state index contributed by atoms with van der Waals surface area (Å²) in [6, 6.07) is 5.61. The molecule has 0 atom stereocenters. The second-order valence-electron chi connectivity index (χ2n) is 4.38. The number of benzene rings is 1. The molecular weight excluding hydrogens is 358 g/mol. The van der Waals surface area contributed by atoms with E-state index in [-0.39, 0.29) is 5.91 Å². The molecule has 1 aromatic rings. The van der Waals surface area contributed by atoms with Gasteiger partial charge in [-0.25, -0.2) is 0 Å². The van der Waals surface area contributed by atoms with Crippen LogP contribution >= 0.6 is 31.9 Å². The van der Waals surface area contributed by atoms with Crippen LogP contribution in [-0.2, 0) is 0 Å². The maximum Gasteiger partial charge on any atom is 0.252 e. The highest BCUT2D eigenvalue weighted by molar-refractivity contribution is 9.11. The van der Waals surface area contributed by atoms with E-state index in [9.17, 15) is 4.79 Å². The Kier molecular flexibility index (Phi) is 5.01. The van der Waals surface area contributed by atoms with Gasteiger partial charge in [0.15, 0.2) is 0 Å². The average Bonchev–Trinajstić information content (AvgIpc) is 2.85. The molecule has 2 rings (SSSR count). The first-order valence-electron chi connectivity index (χ1n) is 6.08. The average molecular weight is 373 g/mol. The monoisotopic (exact) mass is 371 g/mol. The smallest absolute Gasteiger partial charge is 0.252 e. The fraction of sp³-hybridized carbons (Fsp3) is 0.357. The molecule has 0 saturated heterocycles. The minimum atomic E-state index is -0.0261. The summed E-state index contributed by atoms with van der Waals surface area (Å²) in [6.07, 6.45) is 6.91. The Morgan fingerprint density at radius 3 is 2.89 bits per heavy atom. The zero-order valence-corrected chi connectivity index (χ0v) is 13.2. The Morgan fingerprint density at radius 2 is 2.17 bits per heavy atom. The van der Waals surface area contributed by atoms with Gasteiger partial charge in [-0.2, -0.15) is 0 Å². The van der Waals surface area contributed by atoms with Crippen molar-refractivity contribution in [3.8, 4) is 0 Å². The molecule has 1 aromatic carbocycles. The number of hydrogen-bond acceptors (Lipinski definition) is 1. The largest absolute Gasteiger partial charge is 0.352 e. The van der Waals surface area contributed by atoms with Gasteiger partial charge in [-0.1, -0.05) is 27.6 Å². The molecule has 2 nitrogen and oxygen atoms in total. The summed E-state index contributed by atoms with van der Waals surface area (Å²) in [6.45, 7) is 0.712. The van der Waals surface area contributed by atoms with Gasteiger partial charge < -0.3 is 5.32 Å². The second kappa shape index (κ2) is 6.53. The molecule has 1 aliphatic carbocycles. The molecule has 18 heavy (non-hydrogen) atoms. The Bertz CT molecular complexity index is 483. The Balaban J connectivity index is 1.89. The van der Waals surface area contributed by atoms with Gasteiger partial charge in [0, 0.05) is 15.5 Å². The standard InChI is InChI=1S/C14H15Br2NO/c15-11-5-6-13(16)12(9-11)14(18)17-8-7-10-3-1-2-4-10/h3,5-6,9H,1-2,4,7-8H2,(H,17,18). The predicted octanol–water partition coefficient (Wildman–Crippen LogP) is 4.44. The van der Waals surface area contributed by atoms with Crippen LogP contribution in [0.4, 0.5) is 0 Å². The first-order valence-corrected chi connectivity index (χ1v) is 7.66. The summed E-state index contributed by atoms with van der Waals surface area (Å²) in [4.78, 5) is 12.0. The van der Waals surface area contributed by atoms with Crippen LogP contribution < -0.4 is 5.32 Å². The molecule has 0 heterocycles.